The Morgan fingerprint density at radius 1 is 1.23 bits per heavy atom. The molecular formula is C16H25N5O. The average molecular weight is 303 g/mol. The van der Waals surface area contributed by atoms with Crippen molar-refractivity contribution in [2.24, 2.45) is 11.8 Å². The summed E-state index contributed by atoms with van der Waals surface area (Å²) < 4.78 is 0. The lowest BCUT2D eigenvalue weighted by Crippen LogP contribution is -2.49. The molecule has 1 aliphatic heterocycles. The minimum atomic E-state index is 0.0598. The van der Waals surface area contributed by atoms with Crippen molar-refractivity contribution in [3.63, 3.8) is 0 Å². The first-order valence-electron chi connectivity index (χ1n) is 8.26. The van der Waals surface area contributed by atoms with Gasteiger partial charge in [-0.05, 0) is 25.8 Å². The first kappa shape index (κ1) is 15.2. The number of nitrogens with one attached hydrogen (secondary N) is 2. The van der Waals surface area contributed by atoms with Crippen molar-refractivity contribution in [3.8, 4) is 0 Å². The molecule has 1 aliphatic carbocycles. The SMILES string of the molecule is CN1CC(C(=O)Nc2cnc(NCC3CCCCC3)nc2)C1. The van der Waals surface area contributed by atoms with Gasteiger partial charge in [-0.2, -0.15) is 0 Å². The minimum absolute atomic E-state index is 0.0598. The predicted octanol–water partition coefficient (Wildman–Crippen LogP) is 1.97. The van der Waals surface area contributed by atoms with Crippen LogP contribution in [0.4, 0.5) is 11.6 Å². The van der Waals surface area contributed by atoms with Gasteiger partial charge in [0.05, 0.1) is 24.0 Å². The van der Waals surface area contributed by atoms with Gasteiger partial charge in [-0.3, -0.25) is 4.79 Å². The monoisotopic (exact) mass is 303 g/mol. The topological polar surface area (TPSA) is 70.2 Å². The van der Waals surface area contributed by atoms with Gasteiger partial charge in [0.25, 0.3) is 0 Å². The molecule has 0 aromatic carbocycles. The molecule has 2 heterocycles. The zero-order valence-electron chi connectivity index (χ0n) is 13.2. The lowest BCUT2D eigenvalue weighted by molar-refractivity contribution is -0.124. The molecule has 6 heteroatoms. The molecular weight excluding hydrogens is 278 g/mol. The maximum Gasteiger partial charge on any atom is 0.230 e. The van der Waals surface area contributed by atoms with Crippen LogP contribution in [0.3, 0.4) is 0 Å². The van der Waals surface area contributed by atoms with Crippen LogP contribution in [0.15, 0.2) is 12.4 Å². The van der Waals surface area contributed by atoms with Crippen molar-refractivity contribution in [2.75, 3.05) is 37.3 Å². The van der Waals surface area contributed by atoms with Crippen LogP contribution in [-0.2, 0) is 4.79 Å². The summed E-state index contributed by atoms with van der Waals surface area (Å²) in [6, 6.07) is 0. The quantitative estimate of drug-likeness (QED) is 0.870. The highest BCUT2D eigenvalue weighted by molar-refractivity contribution is 5.93. The average Bonchev–Trinajstić information content (AvgIpc) is 2.52. The summed E-state index contributed by atoms with van der Waals surface area (Å²) in [6.45, 7) is 2.60. The van der Waals surface area contributed by atoms with Gasteiger partial charge in [-0.1, -0.05) is 19.3 Å². The Bertz CT molecular complexity index is 492. The number of carbonyl (C=O) groups excluding carboxylic acids is 1. The summed E-state index contributed by atoms with van der Waals surface area (Å²) in [5.41, 5.74) is 0.669. The third-order valence-electron chi connectivity index (χ3n) is 4.63. The van der Waals surface area contributed by atoms with Crippen LogP contribution in [0, 0.1) is 11.8 Å². The second kappa shape index (κ2) is 7.05. The van der Waals surface area contributed by atoms with Gasteiger partial charge in [0.15, 0.2) is 0 Å². The summed E-state index contributed by atoms with van der Waals surface area (Å²) in [4.78, 5) is 22.6. The molecule has 0 atom stereocenters. The normalized spacial score (nSPS) is 20.4. The number of anilines is 2. The molecule has 1 aromatic heterocycles. The molecule has 1 saturated carbocycles. The first-order valence-corrected chi connectivity index (χ1v) is 8.26. The van der Waals surface area contributed by atoms with Crippen LogP contribution >= 0.6 is 0 Å². The van der Waals surface area contributed by atoms with E-state index in [0.29, 0.717) is 11.6 Å². The highest BCUT2D eigenvalue weighted by Gasteiger charge is 2.29. The van der Waals surface area contributed by atoms with E-state index in [0.717, 1.165) is 25.6 Å². The van der Waals surface area contributed by atoms with E-state index in [2.05, 4.69) is 25.5 Å². The smallest absolute Gasteiger partial charge is 0.230 e. The second-order valence-corrected chi connectivity index (χ2v) is 6.59. The van der Waals surface area contributed by atoms with E-state index in [1.165, 1.54) is 32.1 Å². The van der Waals surface area contributed by atoms with Crippen molar-refractivity contribution in [2.45, 2.75) is 32.1 Å². The Balaban J connectivity index is 1.44. The second-order valence-electron chi connectivity index (χ2n) is 6.59. The fourth-order valence-electron chi connectivity index (χ4n) is 3.22. The molecule has 1 amide bonds. The lowest BCUT2D eigenvalue weighted by Gasteiger charge is -2.34. The Morgan fingerprint density at radius 2 is 1.91 bits per heavy atom. The molecule has 120 valence electrons. The molecule has 22 heavy (non-hydrogen) atoms. The van der Waals surface area contributed by atoms with E-state index < -0.39 is 0 Å². The fourth-order valence-corrected chi connectivity index (χ4v) is 3.22. The van der Waals surface area contributed by atoms with Gasteiger partial charge in [0.2, 0.25) is 11.9 Å². The zero-order valence-corrected chi connectivity index (χ0v) is 13.2. The van der Waals surface area contributed by atoms with Gasteiger partial charge >= 0.3 is 0 Å². The lowest BCUT2D eigenvalue weighted by atomic mass is 9.89. The van der Waals surface area contributed by atoms with E-state index in [9.17, 15) is 4.79 Å². The summed E-state index contributed by atoms with van der Waals surface area (Å²) in [5.74, 6) is 1.54. The third-order valence-corrected chi connectivity index (χ3v) is 4.63. The van der Waals surface area contributed by atoms with Gasteiger partial charge in [-0.15, -0.1) is 0 Å². The minimum Gasteiger partial charge on any atom is -0.354 e. The van der Waals surface area contributed by atoms with Crippen molar-refractivity contribution in [1.29, 1.82) is 0 Å². The van der Waals surface area contributed by atoms with Crippen LogP contribution < -0.4 is 10.6 Å². The van der Waals surface area contributed by atoms with Crippen LogP contribution in [0.1, 0.15) is 32.1 Å². The van der Waals surface area contributed by atoms with E-state index in [1.54, 1.807) is 12.4 Å². The van der Waals surface area contributed by atoms with Crippen molar-refractivity contribution < 1.29 is 4.79 Å². The highest BCUT2D eigenvalue weighted by Crippen LogP contribution is 2.23. The third kappa shape index (κ3) is 3.94. The molecule has 0 bridgehead atoms. The molecule has 0 radical (unpaired) electrons. The number of aromatic nitrogens is 2. The van der Waals surface area contributed by atoms with Crippen molar-refractivity contribution in [3.05, 3.63) is 12.4 Å². The Morgan fingerprint density at radius 3 is 2.55 bits per heavy atom. The fraction of sp³-hybridized carbons (Fsp3) is 0.688. The van der Waals surface area contributed by atoms with Crippen LogP contribution in [-0.4, -0.2) is 47.5 Å². The number of rotatable bonds is 5. The van der Waals surface area contributed by atoms with Crippen LogP contribution in [0.5, 0.6) is 0 Å². The van der Waals surface area contributed by atoms with E-state index in [4.69, 9.17) is 0 Å². The van der Waals surface area contributed by atoms with Crippen LogP contribution in [0.2, 0.25) is 0 Å². The Kier molecular flexibility index (Phi) is 4.87. The standard InChI is InChI=1S/C16H25N5O/c1-21-10-13(11-21)15(22)20-14-8-18-16(19-9-14)17-7-12-5-3-2-4-6-12/h8-9,12-13H,2-7,10-11H2,1H3,(H,20,22)(H,17,18,19). The number of carbonyl (C=O) groups is 1. The number of hydrogen-bond donors (Lipinski definition) is 2. The molecule has 6 nitrogen and oxygen atoms in total. The molecule has 2 N–H and O–H groups in total. The van der Waals surface area contributed by atoms with E-state index in [1.807, 2.05) is 7.05 Å². The highest BCUT2D eigenvalue weighted by atomic mass is 16.2. The van der Waals surface area contributed by atoms with E-state index in [-0.39, 0.29) is 11.8 Å². The molecule has 1 aromatic rings. The number of likely N-dealkylation sites (tertiary alicyclic amines) is 1. The molecule has 0 unspecified atom stereocenters. The molecule has 3 rings (SSSR count). The van der Waals surface area contributed by atoms with E-state index >= 15 is 0 Å². The summed E-state index contributed by atoms with van der Waals surface area (Å²) in [7, 11) is 2.01. The Hall–Kier alpha value is -1.69. The predicted molar refractivity (Wildman–Crippen MR) is 86.7 cm³/mol. The van der Waals surface area contributed by atoms with Crippen molar-refractivity contribution in [1.82, 2.24) is 14.9 Å². The van der Waals surface area contributed by atoms with Crippen LogP contribution in [0.25, 0.3) is 0 Å². The maximum absolute atomic E-state index is 11.9. The number of hydrogen-bond acceptors (Lipinski definition) is 5. The van der Waals surface area contributed by atoms with Gasteiger partial charge in [0.1, 0.15) is 0 Å². The summed E-state index contributed by atoms with van der Waals surface area (Å²) in [6.07, 6.45) is 10.0. The number of nitrogens with zero attached hydrogens (tertiary/aromatic N) is 3. The van der Waals surface area contributed by atoms with Crippen molar-refractivity contribution >= 4 is 17.5 Å². The molecule has 1 saturated heterocycles. The number of amides is 1. The zero-order chi connectivity index (χ0) is 15.4. The molecule has 2 fully saturated rings. The van der Waals surface area contributed by atoms with Gasteiger partial charge in [0, 0.05) is 19.6 Å². The summed E-state index contributed by atoms with van der Waals surface area (Å²) in [5, 5.41) is 6.18. The largest absolute Gasteiger partial charge is 0.354 e. The van der Waals surface area contributed by atoms with Gasteiger partial charge < -0.3 is 15.5 Å². The maximum atomic E-state index is 11.9. The molecule has 2 aliphatic rings. The first-order chi connectivity index (χ1) is 10.7. The van der Waals surface area contributed by atoms with Gasteiger partial charge in [-0.25, -0.2) is 9.97 Å². The molecule has 0 spiro atoms. The summed E-state index contributed by atoms with van der Waals surface area (Å²) >= 11 is 0. The Labute approximate surface area is 131 Å².